The van der Waals surface area contributed by atoms with Gasteiger partial charge in [0.1, 0.15) is 5.00 Å². The lowest BCUT2D eigenvalue weighted by Gasteiger charge is -2.27. The van der Waals surface area contributed by atoms with Gasteiger partial charge in [-0.1, -0.05) is 49.4 Å². The molecule has 1 N–H and O–H groups in total. The molecule has 35 heavy (non-hydrogen) atoms. The number of hydrogen-bond acceptors (Lipinski definition) is 7. The van der Waals surface area contributed by atoms with Crippen molar-refractivity contribution in [2.24, 2.45) is 0 Å². The van der Waals surface area contributed by atoms with E-state index in [0.29, 0.717) is 23.5 Å². The molecule has 1 aromatic heterocycles. The Morgan fingerprint density at radius 1 is 1.06 bits per heavy atom. The third kappa shape index (κ3) is 5.47. The molecule has 3 aromatic rings. The number of fused-ring (bicyclic) bond motifs is 1. The summed E-state index contributed by atoms with van der Waals surface area (Å²) in [6.45, 7) is 5.71. The average molecular weight is 513 g/mol. The molecule has 1 aliphatic heterocycles. The minimum absolute atomic E-state index is 0.0203. The summed E-state index contributed by atoms with van der Waals surface area (Å²) in [7, 11) is -3.60. The number of thiophene rings is 1. The van der Waals surface area contributed by atoms with E-state index in [1.54, 1.807) is 19.1 Å². The predicted octanol–water partition coefficient (Wildman–Crippen LogP) is 4.53. The first-order chi connectivity index (χ1) is 16.8. The van der Waals surface area contributed by atoms with Crippen molar-refractivity contribution < 1.29 is 22.7 Å². The van der Waals surface area contributed by atoms with E-state index in [2.05, 4.69) is 22.3 Å². The van der Waals surface area contributed by atoms with Crippen LogP contribution in [-0.2, 0) is 34.1 Å². The van der Waals surface area contributed by atoms with Gasteiger partial charge in [-0.25, -0.2) is 13.2 Å². The van der Waals surface area contributed by atoms with Crippen molar-refractivity contribution in [3.05, 3.63) is 81.7 Å². The Hall–Kier alpha value is -3.01. The monoisotopic (exact) mass is 512 g/mol. The van der Waals surface area contributed by atoms with E-state index in [1.165, 1.54) is 36.0 Å². The molecule has 0 aliphatic carbocycles. The van der Waals surface area contributed by atoms with Crippen LogP contribution in [0.2, 0.25) is 0 Å². The van der Waals surface area contributed by atoms with E-state index >= 15 is 0 Å². The minimum atomic E-state index is -3.60. The maximum atomic E-state index is 13.2. The lowest BCUT2D eigenvalue weighted by atomic mass is 10.0. The number of hydrogen-bond donors (Lipinski definition) is 1. The zero-order chi connectivity index (χ0) is 25.0. The van der Waals surface area contributed by atoms with E-state index in [1.807, 2.05) is 18.2 Å². The lowest BCUT2D eigenvalue weighted by Crippen LogP contribution is -2.30. The van der Waals surface area contributed by atoms with Gasteiger partial charge in [0.25, 0.3) is 5.91 Å². The summed E-state index contributed by atoms with van der Waals surface area (Å²) in [6, 6.07) is 16.3. The van der Waals surface area contributed by atoms with Crippen LogP contribution < -0.4 is 5.32 Å². The van der Waals surface area contributed by atoms with Crippen molar-refractivity contribution >= 4 is 38.1 Å². The van der Waals surface area contributed by atoms with Crippen LogP contribution in [0.4, 0.5) is 5.00 Å². The molecule has 4 rings (SSSR count). The maximum Gasteiger partial charge on any atom is 0.341 e. The largest absolute Gasteiger partial charge is 0.462 e. The molecular formula is C26H28N2O5S2. The standard InChI is InChI=1S/C26H28N2O5S2/c1-3-33-26(30)23-19-14-15-28(16-18-10-6-5-7-11-18)17-21(19)34-25(23)27-24(29)20-12-8-9-13-22(20)35(31,32)4-2/h5-13H,3-4,14-17H2,1-2H3,(H,27,29). The van der Waals surface area contributed by atoms with Crippen LogP contribution in [-0.4, -0.2) is 44.1 Å². The van der Waals surface area contributed by atoms with Crippen molar-refractivity contribution in [1.29, 1.82) is 0 Å². The highest BCUT2D eigenvalue weighted by Gasteiger charge is 2.30. The van der Waals surface area contributed by atoms with Gasteiger partial charge in [0.15, 0.2) is 9.84 Å². The third-order valence-corrected chi connectivity index (χ3v) is 8.86. The van der Waals surface area contributed by atoms with E-state index in [-0.39, 0.29) is 22.8 Å². The minimum Gasteiger partial charge on any atom is -0.462 e. The molecule has 0 unspecified atom stereocenters. The quantitative estimate of drug-likeness (QED) is 0.446. The fraction of sp³-hybridized carbons (Fsp3) is 0.308. The van der Waals surface area contributed by atoms with Gasteiger partial charge in [-0.15, -0.1) is 11.3 Å². The second kappa shape index (κ2) is 10.7. The number of esters is 1. The molecule has 0 bridgehead atoms. The van der Waals surface area contributed by atoms with E-state index < -0.39 is 21.7 Å². The van der Waals surface area contributed by atoms with E-state index in [4.69, 9.17) is 4.74 Å². The fourth-order valence-electron chi connectivity index (χ4n) is 4.19. The third-order valence-electron chi connectivity index (χ3n) is 5.94. The van der Waals surface area contributed by atoms with Gasteiger partial charge in [-0.05, 0) is 36.6 Å². The molecule has 1 amide bonds. The summed E-state index contributed by atoms with van der Waals surface area (Å²) in [5, 5.41) is 3.21. The van der Waals surface area contributed by atoms with Gasteiger partial charge in [0, 0.05) is 24.5 Å². The number of benzene rings is 2. The zero-order valence-corrected chi connectivity index (χ0v) is 21.4. The van der Waals surface area contributed by atoms with Crippen molar-refractivity contribution in [2.45, 2.75) is 38.3 Å². The number of nitrogens with zero attached hydrogens (tertiary/aromatic N) is 1. The van der Waals surface area contributed by atoms with Gasteiger partial charge >= 0.3 is 5.97 Å². The zero-order valence-electron chi connectivity index (χ0n) is 19.7. The topological polar surface area (TPSA) is 92.8 Å². The van der Waals surface area contributed by atoms with Gasteiger partial charge in [0.05, 0.1) is 28.4 Å². The van der Waals surface area contributed by atoms with Crippen LogP contribution >= 0.6 is 11.3 Å². The Kier molecular flexibility index (Phi) is 7.69. The van der Waals surface area contributed by atoms with Crippen molar-refractivity contribution in [3.8, 4) is 0 Å². The van der Waals surface area contributed by atoms with Crippen LogP contribution in [0.1, 0.15) is 50.6 Å². The number of rotatable bonds is 8. The summed E-state index contributed by atoms with van der Waals surface area (Å²) in [5.41, 5.74) is 2.53. The van der Waals surface area contributed by atoms with E-state index in [9.17, 15) is 18.0 Å². The first-order valence-corrected chi connectivity index (χ1v) is 14.0. The van der Waals surface area contributed by atoms with Crippen LogP contribution in [0.25, 0.3) is 0 Å². The molecule has 9 heteroatoms. The summed E-state index contributed by atoms with van der Waals surface area (Å²) >= 11 is 1.35. The molecule has 1 aliphatic rings. The summed E-state index contributed by atoms with van der Waals surface area (Å²) in [6.07, 6.45) is 0.656. The summed E-state index contributed by atoms with van der Waals surface area (Å²) in [4.78, 5) is 29.4. The van der Waals surface area contributed by atoms with Crippen molar-refractivity contribution in [2.75, 3.05) is 24.2 Å². The average Bonchev–Trinajstić information content (AvgIpc) is 3.21. The van der Waals surface area contributed by atoms with Crippen LogP contribution in [0.15, 0.2) is 59.5 Å². The van der Waals surface area contributed by atoms with Crippen LogP contribution in [0.5, 0.6) is 0 Å². The molecule has 0 spiro atoms. The Morgan fingerprint density at radius 3 is 2.49 bits per heavy atom. The first-order valence-electron chi connectivity index (χ1n) is 11.5. The normalized spacial score (nSPS) is 13.8. The van der Waals surface area contributed by atoms with Crippen molar-refractivity contribution in [3.63, 3.8) is 0 Å². The Labute approximate surface area is 209 Å². The molecule has 7 nitrogen and oxygen atoms in total. The SMILES string of the molecule is CCOC(=O)c1c(NC(=O)c2ccccc2S(=O)(=O)CC)sc2c1CCN(Cc1ccccc1)C2. The lowest BCUT2D eigenvalue weighted by molar-refractivity contribution is 0.0526. The molecule has 0 radical (unpaired) electrons. The molecule has 0 saturated heterocycles. The molecule has 2 aromatic carbocycles. The number of carbonyl (C=O) groups excluding carboxylic acids is 2. The van der Waals surface area contributed by atoms with Gasteiger partial charge in [-0.3, -0.25) is 9.69 Å². The molecule has 2 heterocycles. The van der Waals surface area contributed by atoms with E-state index in [0.717, 1.165) is 23.5 Å². The molecular weight excluding hydrogens is 484 g/mol. The highest BCUT2D eigenvalue weighted by molar-refractivity contribution is 7.91. The highest BCUT2D eigenvalue weighted by Crippen LogP contribution is 2.38. The second-order valence-corrected chi connectivity index (χ2v) is 11.6. The number of nitrogens with one attached hydrogen (secondary N) is 1. The van der Waals surface area contributed by atoms with Crippen molar-refractivity contribution in [1.82, 2.24) is 4.90 Å². The summed E-state index contributed by atoms with van der Waals surface area (Å²) in [5.74, 6) is -1.16. The van der Waals surface area contributed by atoms with Gasteiger partial charge < -0.3 is 10.1 Å². The number of anilines is 1. The Morgan fingerprint density at radius 2 is 1.77 bits per heavy atom. The van der Waals surface area contributed by atoms with Crippen LogP contribution in [0.3, 0.4) is 0 Å². The number of amides is 1. The molecule has 0 saturated carbocycles. The first kappa shape index (κ1) is 25.1. The Balaban J connectivity index is 1.65. The molecule has 184 valence electrons. The Bertz CT molecular complexity index is 1330. The summed E-state index contributed by atoms with van der Waals surface area (Å²) < 4.78 is 30.4. The maximum absolute atomic E-state index is 13.2. The second-order valence-electron chi connectivity index (χ2n) is 8.23. The predicted molar refractivity (Wildman–Crippen MR) is 137 cm³/mol. The fourth-order valence-corrected chi connectivity index (χ4v) is 6.56. The molecule has 0 fully saturated rings. The highest BCUT2D eigenvalue weighted by atomic mass is 32.2. The molecule has 0 atom stereocenters. The number of carbonyl (C=O) groups is 2. The van der Waals surface area contributed by atoms with Gasteiger partial charge in [-0.2, -0.15) is 0 Å². The van der Waals surface area contributed by atoms with Crippen LogP contribution in [0, 0.1) is 0 Å². The number of sulfone groups is 1. The smallest absolute Gasteiger partial charge is 0.341 e. The number of ether oxygens (including phenoxy) is 1. The van der Waals surface area contributed by atoms with Gasteiger partial charge in [0.2, 0.25) is 0 Å².